The molecule has 1 atom stereocenters. The first-order chi connectivity index (χ1) is 12.2. The van der Waals surface area contributed by atoms with Crippen LogP contribution >= 0.6 is 0 Å². The summed E-state index contributed by atoms with van der Waals surface area (Å²) in [5, 5.41) is 0. The van der Waals surface area contributed by atoms with E-state index in [4.69, 9.17) is 0 Å². The van der Waals surface area contributed by atoms with Crippen LogP contribution in [0.5, 0.6) is 0 Å². The smallest absolute Gasteiger partial charge is 0.0129 e. The SMILES string of the molecule is CC(Cc1cccc(C(C)(C)C)c1)c1ccc(C(C)(C)C)cc1C(C)(C)C. The molecule has 0 aliphatic rings. The molecule has 2 rings (SSSR count). The minimum atomic E-state index is 0.151. The quantitative estimate of drug-likeness (QED) is 0.518. The molecule has 0 N–H and O–H groups in total. The lowest BCUT2D eigenvalue weighted by atomic mass is 9.75. The average molecular weight is 365 g/mol. The lowest BCUT2D eigenvalue weighted by molar-refractivity contribution is 0.556. The number of hydrogen-bond donors (Lipinski definition) is 0. The Morgan fingerprint density at radius 2 is 1.22 bits per heavy atom. The maximum atomic E-state index is 2.46. The molecule has 0 aromatic heterocycles. The second-order valence-corrected chi connectivity index (χ2v) is 11.4. The van der Waals surface area contributed by atoms with E-state index in [0.717, 1.165) is 6.42 Å². The highest BCUT2D eigenvalue weighted by atomic mass is 14.3. The Morgan fingerprint density at radius 1 is 0.667 bits per heavy atom. The van der Waals surface area contributed by atoms with Crippen molar-refractivity contribution in [1.29, 1.82) is 0 Å². The molecule has 148 valence electrons. The van der Waals surface area contributed by atoms with Gasteiger partial charge in [-0.1, -0.05) is 112 Å². The molecule has 0 heterocycles. The van der Waals surface area contributed by atoms with E-state index in [1.165, 1.54) is 27.8 Å². The fraction of sp³-hybridized carbons (Fsp3) is 0.556. The minimum absolute atomic E-state index is 0.151. The van der Waals surface area contributed by atoms with Crippen molar-refractivity contribution in [3.8, 4) is 0 Å². The molecule has 0 aliphatic heterocycles. The molecule has 0 fully saturated rings. The summed E-state index contributed by atoms with van der Waals surface area (Å²) in [6, 6.07) is 16.3. The summed E-state index contributed by atoms with van der Waals surface area (Å²) in [5.41, 5.74) is 7.82. The normalized spacial score (nSPS) is 14.3. The number of rotatable bonds is 3. The van der Waals surface area contributed by atoms with Crippen LogP contribution in [0, 0.1) is 0 Å². The third-order valence-corrected chi connectivity index (χ3v) is 5.59. The lowest BCUT2D eigenvalue weighted by Gasteiger charge is -2.30. The average Bonchev–Trinajstić information content (AvgIpc) is 2.52. The summed E-state index contributed by atoms with van der Waals surface area (Å²) in [6.45, 7) is 23.2. The fourth-order valence-corrected chi connectivity index (χ4v) is 3.73. The molecule has 0 saturated carbocycles. The summed E-state index contributed by atoms with van der Waals surface area (Å²) in [6.07, 6.45) is 1.09. The molecule has 0 spiro atoms. The van der Waals surface area contributed by atoms with E-state index in [9.17, 15) is 0 Å². The molecule has 0 aliphatic carbocycles. The summed E-state index contributed by atoms with van der Waals surface area (Å²) in [7, 11) is 0. The maximum absolute atomic E-state index is 2.46. The molecule has 2 aromatic carbocycles. The highest BCUT2D eigenvalue weighted by molar-refractivity contribution is 5.42. The molecule has 0 saturated heterocycles. The van der Waals surface area contributed by atoms with Gasteiger partial charge in [0.1, 0.15) is 0 Å². The Bertz CT molecular complexity index is 773. The van der Waals surface area contributed by atoms with Gasteiger partial charge in [-0.2, -0.15) is 0 Å². The largest absolute Gasteiger partial charge is 0.0617 e. The van der Waals surface area contributed by atoms with E-state index in [2.05, 4.69) is 112 Å². The molecule has 0 radical (unpaired) electrons. The van der Waals surface area contributed by atoms with Crippen LogP contribution in [0.3, 0.4) is 0 Å². The van der Waals surface area contributed by atoms with Gasteiger partial charge in [0.25, 0.3) is 0 Å². The number of benzene rings is 2. The van der Waals surface area contributed by atoms with E-state index in [-0.39, 0.29) is 16.2 Å². The monoisotopic (exact) mass is 364 g/mol. The summed E-state index contributed by atoms with van der Waals surface area (Å²) in [4.78, 5) is 0. The summed E-state index contributed by atoms with van der Waals surface area (Å²) in [5.74, 6) is 0.503. The van der Waals surface area contributed by atoms with Gasteiger partial charge in [0.05, 0.1) is 0 Å². The van der Waals surface area contributed by atoms with Crippen molar-refractivity contribution in [2.75, 3.05) is 0 Å². The van der Waals surface area contributed by atoms with Crippen molar-refractivity contribution >= 4 is 0 Å². The van der Waals surface area contributed by atoms with Crippen molar-refractivity contribution in [3.05, 3.63) is 70.3 Å². The van der Waals surface area contributed by atoms with Gasteiger partial charge in [-0.05, 0) is 56.4 Å². The van der Waals surface area contributed by atoms with Crippen LogP contribution in [-0.4, -0.2) is 0 Å². The molecule has 27 heavy (non-hydrogen) atoms. The van der Waals surface area contributed by atoms with Crippen LogP contribution in [0.25, 0.3) is 0 Å². The topological polar surface area (TPSA) is 0 Å². The van der Waals surface area contributed by atoms with Crippen LogP contribution in [-0.2, 0) is 22.7 Å². The van der Waals surface area contributed by atoms with Gasteiger partial charge in [-0.15, -0.1) is 0 Å². The number of hydrogen-bond acceptors (Lipinski definition) is 0. The van der Waals surface area contributed by atoms with Gasteiger partial charge in [0.2, 0.25) is 0 Å². The zero-order valence-electron chi connectivity index (χ0n) is 19.3. The molecule has 0 bridgehead atoms. The molecular weight excluding hydrogens is 324 g/mol. The van der Waals surface area contributed by atoms with Gasteiger partial charge in [-0.3, -0.25) is 0 Å². The van der Waals surface area contributed by atoms with Crippen LogP contribution in [0.4, 0.5) is 0 Å². The first-order valence-electron chi connectivity index (χ1n) is 10.4. The van der Waals surface area contributed by atoms with Gasteiger partial charge >= 0.3 is 0 Å². The van der Waals surface area contributed by atoms with Crippen LogP contribution in [0.1, 0.15) is 103 Å². The minimum Gasteiger partial charge on any atom is -0.0617 e. The standard InChI is InChI=1S/C27H40/c1-19(16-20-12-11-13-21(17-20)25(2,3)4)23-15-14-22(26(5,6)7)18-24(23)27(8,9)10/h11-15,17-19H,16H2,1-10H3. The van der Waals surface area contributed by atoms with E-state index >= 15 is 0 Å². The van der Waals surface area contributed by atoms with Crippen molar-refractivity contribution in [1.82, 2.24) is 0 Å². The Kier molecular flexibility index (Phi) is 6.00. The van der Waals surface area contributed by atoms with E-state index in [1.54, 1.807) is 0 Å². The molecule has 2 aromatic rings. The summed E-state index contributed by atoms with van der Waals surface area (Å²) >= 11 is 0. The second kappa shape index (κ2) is 7.46. The zero-order chi connectivity index (χ0) is 20.6. The molecule has 0 heteroatoms. The molecule has 0 amide bonds. The van der Waals surface area contributed by atoms with E-state index in [0.29, 0.717) is 5.92 Å². The van der Waals surface area contributed by atoms with Crippen LogP contribution in [0.2, 0.25) is 0 Å². The van der Waals surface area contributed by atoms with Crippen molar-refractivity contribution in [2.45, 2.75) is 97.8 Å². The highest BCUT2D eigenvalue weighted by Crippen LogP contribution is 2.36. The Labute approximate surface area is 168 Å². The van der Waals surface area contributed by atoms with E-state index < -0.39 is 0 Å². The fourth-order valence-electron chi connectivity index (χ4n) is 3.73. The predicted octanol–water partition coefficient (Wildman–Crippen LogP) is 7.93. The van der Waals surface area contributed by atoms with Gasteiger partial charge in [-0.25, -0.2) is 0 Å². The molecular formula is C27H40. The summed E-state index contributed by atoms with van der Waals surface area (Å²) < 4.78 is 0. The molecule has 0 nitrogen and oxygen atoms in total. The third kappa shape index (κ3) is 5.47. The Hall–Kier alpha value is -1.56. The van der Waals surface area contributed by atoms with Crippen molar-refractivity contribution < 1.29 is 0 Å². The van der Waals surface area contributed by atoms with Crippen molar-refractivity contribution in [2.24, 2.45) is 0 Å². The first kappa shape index (κ1) is 21.7. The van der Waals surface area contributed by atoms with Crippen molar-refractivity contribution in [3.63, 3.8) is 0 Å². The predicted molar refractivity (Wildman–Crippen MR) is 121 cm³/mol. The second-order valence-electron chi connectivity index (χ2n) is 11.4. The lowest BCUT2D eigenvalue weighted by Crippen LogP contribution is -2.19. The van der Waals surface area contributed by atoms with Gasteiger partial charge in [0, 0.05) is 0 Å². The van der Waals surface area contributed by atoms with E-state index in [1.807, 2.05) is 0 Å². The van der Waals surface area contributed by atoms with Gasteiger partial charge < -0.3 is 0 Å². The third-order valence-electron chi connectivity index (χ3n) is 5.59. The Morgan fingerprint density at radius 3 is 1.74 bits per heavy atom. The maximum Gasteiger partial charge on any atom is -0.0129 e. The van der Waals surface area contributed by atoms with Crippen LogP contribution < -0.4 is 0 Å². The zero-order valence-corrected chi connectivity index (χ0v) is 19.3. The van der Waals surface area contributed by atoms with Crippen LogP contribution in [0.15, 0.2) is 42.5 Å². The molecule has 1 unspecified atom stereocenters. The van der Waals surface area contributed by atoms with Gasteiger partial charge in [0.15, 0.2) is 0 Å². The Balaban J connectivity index is 2.40. The highest BCUT2D eigenvalue weighted by Gasteiger charge is 2.24. The first-order valence-corrected chi connectivity index (χ1v) is 10.4.